The molecule has 0 heterocycles. The van der Waals surface area contributed by atoms with Crippen LogP contribution in [0.25, 0.3) is 0 Å². The maximum Gasteiger partial charge on any atom is 0.326 e. The van der Waals surface area contributed by atoms with Crippen LogP contribution in [0.4, 0.5) is 0 Å². The van der Waals surface area contributed by atoms with Gasteiger partial charge in [0.1, 0.15) is 6.04 Å². The third kappa shape index (κ3) is 4.18. The number of carbonyl (C=O) groups is 2. The van der Waals surface area contributed by atoms with Gasteiger partial charge in [-0.1, -0.05) is 27.2 Å². The molecule has 0 saturated heterocycles. The molecule has 4 N–H and O–H groups in total. The molecule has 0 fully saturated rings. The smallest absolute Gasteiger partial charge is 0.326 e. The first-order chi connectivity index (χ1) is 7.47. The lowest BCUT2D eigenvalue weighted by molar-refractivity contribution is -0.144. The minimum absolute atomic E-state index is 0.0864. The van der Waals surface area contributed by atoms with Gasteiger partial charge < -0.3 is 16.2 Å². The Kier molecular flexibility index (Phi) is 6.72. The normalized spacial score (nSPS) is 16.2. The Balaban J connectivity index is 4.51. The highest BCUT2D eigenvalue weighted by molar-refractivity contribution is 5.85. The van der Waals surface area contributed by atoms with Crippen molar-refractivity contribution in [3.63, 3.8) is 0 Å². The number of carboxylic acids is 1. The maximum absolute atomic E-state index is 11.7. The Morgan fingerprint density at radius 2 is 1.88 bits per heavy atom. The van der Waals surface area contributed by atoms with Crippen molar-refractivity contribution >= 4 is 11.9 Å². The van der Waals surface area contributed by atoms with E-state index in [0.717, 1.165) is 0 Å². The summed E-state index contributed by atoms with van der Waals surface area (Å²) in [4.78, 5) is 22.7. The van der Waals surface area contributed by atoms with Gasteiger partial charge in [0.05, 0.1) is 0 Å². The van der Waals surface area contributed by atoms with Gasteiger partial charge in [-0.25, -0.2) is 4.79 Å². The average molecular weight is 230 g/mol. The number of nitrogens with one attached hydrogen (secondary N) is 1. The van der Waals surface area contributed by atoms with Crippen LogP contribution in [0.2, 0.25) is 0 Å². The molecule has 0 aliphatic carbocycles. The van der Waals surface area contributed by atoms with Gasteiger partial charge in [0, 0.05) is 12.5 Å². The highest BCUT2D eigenvalue weighted by Crippen LogP contribution is 2.09. The summed E-state index contributed by atoms with van der Waals surface area (Å²) >= 11 is 0. The lowest BCUT2D eigenvalue weighted by atomic mass is 9.97. The summed E-state index contributed by atoms with van der Waals surface area (Å²) in [5, 5.41) is 11.6. The number of hydrogen-bond acceptors (Lipinski definition) is 3. The van der Waals surface area contributed by atoms with E-state index >= 15 is 0 Å². The molecule has 3 atom stereocenters. The summed E-state index contributed by atoms with van der Waals surface area (Å²) in [5.41, 5.74) is 5.44. The van der Waals surface area contributed by atoms with Gasteiger partial charge in [0.25, 0.3) is 0 Å². The number of carbonyl (C=O) groups excluding carboxylic acids is 1. The zero-order valence-corrected chi connectivity index (χ0v) is 10.2. The van der Waals surface area contributed by atoms with Crippen LogP contribution >= 0.6 is 0 Å². The van der Waals surface area contributed by atoms with E-state index in [1.54, 1.807) is 0 Å². The standard InChI is InChI=1S/C11H22N2O3/c1-4-7(3)9(11(15)16)13-10(14)8(5-2)6-12/h7-9H,4-6,12H2,1-3H3,(H,13,14)(H,15,16)/t7-,8?,9-/m0/s1. The van der Waals surface area contributed by atoms with E-state index in [9.17, 15) is 9.59 Å². The summed E-state index contributed by atoms with van der Waals surface area (Å²) in [6.07, 6.45) is 1.33. The predicted molar refractivity (Wildman–Crippen MR) is 61.9 cm³/mol. The summed E-state index contributed by atoms with van der Waals surface area (Å²) in [6.45, 7) is 5.81. The largest absolute Gasteiger partial charge is 0.480 e. The molecule has 0 aromatic heterocycles. The molecule has 5 heteroatoms. The molecule has 1 amide bonds. The Bertz CT molecular complexity index is 239. The van der Waals surface area contributed by atoms with Crippen molar-refractivity contribution in [2.45, 2.75) is 39.7 Å². The molecule has 5 nitrogen and oxygen atoms in total. The number of rotatable bonds is 7. The van der Waals surface area contributed by atoms with Gasteiger partial charge >= 0.3 is 5.97 Å². The SMILES string of the molecule is CCC(CN)C(=O)N[C@H](C(=O)O)[C@@H](C)CC. The second-order valence-electron chi connectivity index (χ2n) is 4.05. The summed E-state index contributed by atoms with van der Waals surface area (Å²) < 4.78 is 0. The molecular formula is C11H22N2O3. The fourth-order valence-corrected chi connectivity index (χ4v) is 1.41. The Labute approximate surface area is 96.4 Å². The first-order valence-electron chi connectivity index (χ1n) is 5.71. The van der Waals surface area contributed by atoms with E-state index in [2.05, 4.69) is 5.32 Å². The second-order valence-corrected chi connectivity index (χ2v) is 4.05. The van der Waals surface area contributed by atoms with Gasteiger partial charge in [-0.15, -0.1) is 0 Å². The molecule has 0 aromatic rings. The Hall–Kier alpha value is -1.10. The van der Waals surface area contributed by atoms with Crippen molar-refractivity contribution in [1.29, 1.82) is 0 Å². The number of hydrogen-bond donors (Lipinski definition) is 3. The third-order valence-electron chi connectivity index (χ3n) is 2.92. The molecule has 0 rings (SSSR count). The van der Waals surface area contributed by atoms with Crippen LogP contribution in [0, 0.1) is 11.8 Å². The number of aliphatic carboxylic acids is 1. The monoisotopic (exact) mass is 230 g/mol. The summed E-state index contributed by atoms with van der Waals surface area (Å²) in [7, 11) is 0. The van der Waals surface area contributed by atoms with Crippen LogP contribution in [0.1, 0.15) is 33.6 Å². The van der Waals surface area contributed by atoms with Gasteiger partial charge in [0.15, 0.2) is 0 Å². The van der Waals surface area contributed by atoms with Gasteiger partial charge in [-0.05, 0) is 12.3 Å². The topological polar surface area (TPSA) is 92.4 Å². The van der Waals surface area contributed by atoms with Crippen molar-refractivity contribution < 1.29 is 14.7 Å². The highest BCUT2D eigenvalue weighted by Gasteiger charge is 2.27. The number of carboxylic acid groups (broad SMARTS) is 1. The van der Waals surface area contributed by atoms with E-state index in [0.29, 0.717) is 12.8 Å². The fraction of sp³-hybridized carbons (Fsp3) is 0.818. The van der Waals surface area contributed by atoms with E-state index < -0.39 is 12.0 Å². The minimum atomic E-state index is -0.991. The summed E-state index contributed by atoms with van der Waals surface area (Å²) in [6, 6.07) is -0.821. The van der Waals surface area contributed by atoms with Crippen LogP contribution in [0.5, 0.6) is 0 Å². The lowest BCUT2D eigenvalue weighted by Crippen LogP contribution is -2.48. The molecule has 0 aliphatic heterocycles. The van der Waals surface area contributed by atoms with Crippen molar-refractivity contribution in [2.24, 2.45) is 17.6 Å². The predicted octanol–water partition coefficient (Wildman–Crippen LogP) is 0.587. The molecule has 0 saturated carbocycles. The first-order valence-corrected chi connectivity index (χ1v) is 5.71. The molecule has 0 aliphatic rings. The van der Waals surface area contributed by atoms with E-state index in [1.807, 2.05) is 20.8 Å². The van der Waals surface area contributed by atoms with Crippen molar-refractivity contribution in [2.75, 3.05) is 6.54 Å². The van der Waals surface area contributed by atoms with Gasteiger partial charge in [0.2, 0.25) is 5.91 Å². The van der Waals surface area contributed by atoms with E-state index in [1.165, 1.54) is 0 Å². The maximum atomic E-state index is 11.7. The Morgan fingerprint density at radius 3 is 2.19 bits per heavy atom. The molecule has 1 unspecified atom stereocenters. The summed E-state index contributed by atoms with van der Waals surface area (Å²) in [5.74, 6) is -1.64. The van der Waals surface area contributed by atoms with Crippen LogP contribution in [0.3, 0.4) is 0 Å². The van der Waals surface area contributed by atoms with Crippen LogP contribution < -0.4 is 11.1 Å². The Morgan fingerprint density at radius 1 is 1.31 bits per heavy atom. The molecule has 0 spiro atoms. The molecular weight excluding hydrogens is 208 g/mol. The highest BCUT2D eigenvalue weighted by atomic mass is 16.4. The second kappa shape index (κ2) is 7.22. The molecule has 0 bridgehead atoms. The van der Waals surface area contributed by atoms with Gasteiger partial charge in [-0.2, -0.15) is 0 Å². The van der Waals surface area contributed by atoms with Crippen LogP contribution in [-0.2, 0) is 9.59 Å². The number of nitrogens with two attached hydrogens (primary N) is 1. The number of amides is 1. The van der Waals surface area contributed by atoms with Crippen LogP contribution in [0.15, 0.2) is 0 Å². The molecule has 16 heavy (non-hydrogen) atoms. The minimum Gasteiger partial charge on any atom is -0.480 e. The van der Waals surface area contributed by atoms with Crippen LogP contribution in [-0.4, -0.2) is 29.6 Å². The molecule has 0 radical (unpaired) electrons. The zero-order valence-electron chi connectivity index (χ0n) is 10.2. The fourth-order valence-electron chi connectivity index (χ4n) is 1.41. The first kappa shape index (κ1) is 14.9. The lowest BCUT2D eigenvalue weighted by Gasteiger charge is -2.22. The van der Waals surface area contributed by atoms with Crippen molar-refractivity contribution in [3.8, 4) is 0 Å². The van der Waals surface area contributed by atoms with E-state index in [4.69, 9.17) is 10.8 Å². The third-order valence-corrected chi connectivity index (χ3v) is 2.92. The molecule has 0 aromatic carbocycles. The van der Waals surface area contributed by atoms with Crippen molar-refractivity contribution in [1.82, 2.24) is 5.32 Å². The van der Waals surface area contributed by atoms with E-state index in [-0.39, 0.29) is 24.3 Å². The van der Waals surface area contributed by atoms with Gasteiger partial charge in [-0.3, -0.25) is 4.79 Å². The quantitative estimate of drug-likeness (QED) is 0.596. The zero-order chi connectivity index (χ0) is 12.7. The molecule has 94 valence electrons. The average Bonchev–Trinajstić information content (AvgIpc) is 2.26. The van der Waals surface area contributed by atoms with Crippen molar-refractivity contribution in [3.05, 3.63) is 0 Å².